The Morgan fingerprint density at radius 2 is 1.93 bits per heavy atom. The van der Waals surface area contributed by atoms with Gasteiger partial charge in [-0.1, -0.05) is 0 Å². The molecule has 0 radical (unpaired) electrons. The summed E-state index contributed by atoms with van der Waals surface area (Å²) in [5, 5.41) is 20.5. The maximum absolute atomic E-state index is 11.5. The van der Waals surface area contributed by atoms with Gasteiger partial charge in [0.15, 0.2) is 27.9 Å². The van der Waals surface area contributed by atoms with E-state index in [1.807, 2.05) is 0 Å². The lowest BCUT2D eigenvalue weighted by atomic mass is 10.1. The Morgan fingerprint density at radius 1 is 1.25 bits per heavy atom. The van der Waals surface area contributed by atoms with Crippen molar-refractivity contribution in [3.05, 3.63) is 11.1 Å². The van der Waals surface area contributed by atoms with Crippen LogP contribution in [0.4, 0.5) is 5.82 Å². The van der Waals surface area contributed by atoms with E-state index in [0.29, 0.717) is 0 Å². The standard InChI is InChI=1S/C10H14BrN5O10P2/c11-10-15-4-7(12)13-2-14-8(4)16(10)9-6(18)5(17)3(25-9)1-24-28(22,23)26-27(19,20)21/h2-3,5-6,9,17-18H,1H2,(H,22,23)(H2,12,13,14)(H2,19,20,21)/t3-,5-,6+,9+/m0/s1. The smallest absolute Gasteiger partial charge is 0.387 e. The van der Waals surface area contributed by atoms with Crippen molar-refractivity contribution in [2.24, 2.45) is 0 Å². The molecule has 0 amide bonds. The van der Waals surface area contributed by atoms with Crippen molar-refractivity contribution in [3.8, 4) is 0 Å². The molecule has 0 spiro atoms. The number of phosphoric acid groups is 2. The summed E-state index contributed by atoms with van der Waals surface area (Å²) in [6.07, 6.45) is -4.59. The molecular weight excluding hydrogens is 492 g/mol. The molecule has 1 aliphatic heterocycles. The molecule has 1 aliphatic rings. The SMILES string of the molecule is Nc1ncnc2c1nc(Br)n2[C@@H]1O[C@@H](COP(=O)(O)OP(=O)(O)O)[C@H](O)[C@H]1O. The zero-order valence-corrected chi connectivity index (χ0v) is 16.9. The van der Waals surface area contributed by atoms with Crippen LogP contribution in [0.15, 0.2) is 11.1 Å². The average Bonchev–Trinajstić information content (AvgIpc) is 3.02. The fraction of sp³-hybridized carbons (Fsp3) is 0.500. The molecule has 2 aromatic rings. The van der Waals surface area contributed by atoms with E-state index < -0.39 is 46.8 Å². The third-order valence-corrected chi connectivity index (χ3v) is 6.38. The number of nitrogen functional groups attached to an aromatic ring is 1. The normalized spacial score (nSPS) is 27.9. The van der Waals surface area contributed by atoms with Gasteiger partial charge in [0.25, 0.3) is 0 Å². The van der Waals surface area contributed by atoms with Crippen molar-refractivity contribution in [2.75, 3.05) is 12.3 Å². The van der Waals surface area contributed by atoms with E-state index in [1.165, 1.54) is 4.57 Å². The molecule has 2 aromatic heterocycles. The first-order valence-corrected chi connectivity index (χ1v) is 11.1. The minimum Gasteiger partial charge on any atom is -0.387 e. The van der Waals surface area contributed by atoms with Gasteiger partial charge in [0.1, 0.15) is 24.6 Å². The Morgan fingerprint density at radius 3 is 2.57 bits per heavy atom. The first kappa shape index (κ1) is 21.7. The summed E-state index contributed by atoms with van der Waals surface area (Å²) in [5.41, 5.74) is 6.09. The molecule has 1 fully saturated rings. The molecule has 3 heterocycles. The van der Waals surface area contributed by atoms with Crippen molar-refractivity contribution in [1.29, 1.82) is 0 Å². The molecule has 0 aliphatic carbocycles. The van der Waals surface area contributed by atoms with Gasteiger partial charge in [-0.15, -0.1) is 0 Å². The van der Waals surface area contributed by atoms with Crippen molar-refractivity contribution in [1.82, 2.24) is 19.5 Å². The van der Waals surface area contributed by atoms with Gasteiger partial charge in [0, 0.05) is 0 Å². The molecule has 1 unspecified atom stereocenters. The molecule has 3 rings (SSSR count). The summed E-state index contributed by atoms with van der Waals surface area (Å²) >= 11 is 3.16. The highest BCUT2D eigenvalue weighted by atomic mass is 79.9. The molecule has 0 saturated carbocycles. The summed E-state index contributed by atoms with van der Waals surface area (Å²) in [5.74, 6) is 0.0631. The van der Waals surface area contributed by atoms with Crippen molar-refractivity contribution < 1.29 is 47.6 Å². The Hall–Kier alpha value is -1.03. The topological polar surface area (TPSA) is 233 Å². The number of rotatable bonds is 6. The quantitative estimate of drug-likeness (QED) is 0.204. The highest BCUT2D eigenvalue weighted by Crippen LogP contribution is 2.57. The highest BCUT2D eigenvalue weighted by Gasteiger charge is 2.46. The third-order valence-electron chi connectivity index (χ3n) is 3.67. The van der Waals surface area contributed by atoms with Crippen LogP contribution in [0.25, 0.3) is 11.2 Å². The minimum absolute atomic E-state index is 0.0631. The van der Waals surface area contributed by atoms with Gasteiger partial charge in [0.05, 0.1) is 6.61 Å². The van der Waals surface area contributed by atoms with Gasteiger partial charge in [0.2, 0.25) is 0 Å². The fourth-order valence-corrected chi connectivity index (χ4v) is 4.68. The van der Waals surface area contributed by atoms with Crippen LogP contribution in [0.2, 0.25) is 0 Å². The zero-order valence-electron chi connectivity index (χ0n) is 13.5. The van der Waals surface area contributed by atoms with Crippen molar-refractivity contribution >= 4 is 48.6 Å². The molecule has 15 nitrogen and oxygen atoms in total. The molecule has 156 valence electrons. The summed E-state index contributed by atoms with van der Waals surface area (Å²) in [7, 11) is -10.5. The van der Waals surface area contributed by atoms with Gasteiger partial charge in [-0.25, -0.2) is 24.1 Å². The fourth-order valence-electron chi connectivity index (χ4n) is 2.53. The number of aromatic nitrogens is 4. The lowest BCUT2D eigenvalue weighted by molar-refractivity contribution is -0.0513. The summed E-state index contributed by atoms with van der Waals surface area (Å²) < 4.78 is 37.1. The van der Waals surface area contributed by atoms with Crippen LogP contribution < -0.4 is 5.73 Å². The van der Waals surface area contributed by atoms with Gasteiger partial charge in [-0.3, -0.25) is 9.09 Å². The minimum atomic E-state index is -5.30. The number of nitrogens with zero attached hydrogens (tertiary/aromatic N) is 4. The largest absolute Gasteiger partial charge is 0.481 e. The average molecular weight is 506 g/mol. The lowest BCUT2D eigenvalue weighted by Gasteiger charge is -2.18. The predicted molar refractivity (Wildman–Crippen MR) is 92.3 cm³/mol. The van der Waals surface area contributed by atoms with Gasteiger partial charge < -0.3 is 35.4 Å². The number of hydrogen-bond donors (Lipinski definition) is 6. The van der Waals surface area contributed by atoms with Crippen molar-refractivity contribution in [3.63, 3.8) is 0 Å². The number of fused-ring (bicyclic) bond motifs is 1. The van der Waals surface area contributed by atoms with E-state index in [2.05, 4.69) is 39.7 Å². The molecule has 7 N–H and O–H groups in total. The first-order valence-electron chi connectivity index (χ1n) is 7.29. The number of halogens is 1. The predicted octanol–water partition coefficient (Wildman–Crippen LogP) is -0.984. The van der Waals surface area contributed by atoms with Crippen molar-refractivity contribution in [2.45, 2.75) is 24.5 Å². The first-order chi connectivity index (χ1) is 12.9. The Bertz CT molecular complexity index is 983. The summed E-state index contributed by atoms with van der Waals surface area (Å²) in [6.45, 7) is -0.829. The van der Waals surface area contributed by atoms with E-state index in [-0.39, 0.29) is 21.7 Å². The Kier molecular flexibility index (Phi) is 5.93. The second-order valence-electron chi connectivity index (χ2n) is 5.56. The molecule has 0 bridgehead atoms. The van der Waals surface area contributed by atoms with E-state index in [9.17, 15) is 24.2 Å². The molecule has 18 heteroatoms. The van der Waals surface area contributed by atoms with Crippen LogP contribution in [-0.2, 0) is 22.7 Å². The number of aliphatic hydroxyl groups is 2. The van der Waals surface area contributed by atoms with Gasteiger partial charge in [-0.2, -0.15) is 4.31 Å². The van der Waals surface area contributed by atoms with Gasteiger partial charge >= 0.3 is 15.6 Å². The second-order valence-corrected chi connectivity index (χ2v) is 9.10. The lowest BCUT2D eigenvalue weighted by Crippen LogP contribution is -2.33. The zero-order chi connectivity index (χ0) is 20.9. The number of anilines is 1. The Balaban J connectivity index is 1.80. The van der Waals surface area contributed by atoms with E-state index in [1.54, 1.807) is 0 Å². The van der Waals surface area contributed by atoms with Crippen LogP contribution in [0.5, 0.6) is 0 Å². The molecule has 0 aromatic carbocycles. The number of nitrogens with two attached hydrogens (primary N) is 1. The number of phosphoric ester groups is 1. The summed E-state index contributed by atoms with van der Waals surface area (Å²) in [6, 6.07) is 0. The molecular formula is C10H14BrN5O10P2. The Labute approximate surface area is 164 Å². The van der Waals surface area contributed by atoms with Crippen LogP contribution >= 0.6 is 31.6 Å². The maximum Gasteiger partial charge on any atom is 0.481 e. The summed E-state index contributed by atoms with van der Waals surface area (Å²) in [4.78, 5) is 38.3. The monoisotopic (exact) mass is 505 g/mol. The second kappa shape index (κ2) is 7.66. The third kappa shape index (κ3) is 4.42. The highest BCUT2D eigenvalue weighted by molar-refractivity contribution is 9.10. The van der Waals surface area contributed by atoms with Crippen LogP contribution in [-0.4, -0.2) is 69.3 Å². The molecule has 5 atom stereocenters. The van der Waals surface area contributed by atoms with Gasteiger partial charge in [-0.05, 0) is 15.9 Å². The van der Waals surface area contributed by atoms with E-state index in [0.717, 1.165) is 6.33 Å². The maximum atomic E-state index is 11.5. The molecule has 28 heavy (non-hydrogen) atoms. The van der Waals surface area contributed by atoms with E-state index in [4.69, 9.17) is 20.3 Å². The van der Waals surface area contributed by atoms with E-state index >= 15 is 0 Å². The van der Waals surface area contributed by atoms with Crippen LogP contribution in [0.1, 0.15) is 6.23 Å². The van der Waals surface area contributed by atoms with Crippen LogP contribution in [0, 0.1) is 0 Å². The van der Waals surface area contributed by atoms with Crippen LogP contribution in [0.3, 0.4) is 0 Å². The molecule has 1 saturated heterocycles. The number of aliphatic hydroxyl groups excluding tert-OH is 2. The number of ether oxygens (including phenoxy) is 1. The number of hydrogen-bond acceptors (Lipinski definition) is 11. The number of imidazole rings is 1.